The monoisotopic (exact) mass is 441 g/mol. The largest absolute Gasteiger partial charge is 0.384 e. The number of nitrogens with one attached hydrogen (secondary N) is 2. The van der Waals surface area contributed by atoms with Crippen molar-refractivity contribution >= 4 is 28.4 Å². The van der Waals surface area contributed by atoms with Crippen molar-refractivity contribution in [2.45, 2.75) is 26.3 Å². The third kappa shape index (κ3) is 5.51. The number of aryl methyl sites for hydroxylation is 1. The van der Waals surface area contributed by atoms with Gasteiger partial charge >= 0.3 is 0 Å². The number of anilines is 2. The van der Waals surface area contributed by atoms with E-state index < -0.39 is 0 Å². The van der Waals surface area contributed by atoms with Gasteiger partial charge in [-0.2, -0.15) is 0 Å². The quantitative estimate of drug-likeness (QED) is 0.402. The van der Waals surface area contributed by atoms with Crippen molar-refractivity contribution in [2.24, 2.45) is 0 Å². The van der Waals surface area contributed by atoms with Crippen LogP contribution in [0.4, 0.5) is 11.6 Å². The minimum absolute atomic E-state index is 0.0297. The molecular formula is C26H27N5O2. The SMILES string of the molecule is COCCC(=O)N[C@@H](C)c1ccc(Nc2ncc3cc(-c4cnccc4C)ccc3n2)cc1. The first-order valence-electron chi connectivity index (χ1n) is 10.9. The van der Waals surface area contributed by atoms with Crippen LogP contribution in [0, 0.1) is 6.92 Å². The van der Waals surface area contributed by atoms with Crippen molar-refractivity contribution in [3.8, 4) is 11.1 Å². The van der Waals surface area contributed by atoms with Crippen LogP contribution in [0.3, 0.4) is 0 Å². The lowest BCUT2D eigenvalue weighted by Crippen LogP contribution is -2.27. The number of ether oxygens (including phenoxy) is 1. The topological polar surface area (TPSA) is 89.0 Å². The normalized spacial score (nSPS) is 11.8. The second-order valence-electron chi connectivity index (χ2n) is 7.94. The van der Waals surface area contributed by atoms with Gasteiger partial charge in [0, 0.05) is 48.8 Å². The molecule has 4 aromatic rings. The third-order valence-electron chi connectivity index (χ3n) is 5.51. The number of aromatic nitrogens is 3. The summed E-state index contributed by atoms with van der Waals surface area (Å²) in [5, 5.41) is 7.19. The van der Waals surface area contributed by atoms with Crippen LogP contribution in [0.1, 0.15) is 30.5 Å². The molecule has 0 aliphatic carbocycles. The van der Waals surface area contributed by atoms with Gasteiger partial charge in [0.2, 0.25) is 11.9 Å². The first-order chi connectivity index (χ1) is 16.0. The summed E-state index contributed by atoms with van der Waals surface area (Å²) in [5.74, 6) is 0.499. The zero-order valence-corrected chi connectivity index (χ0v) is 19.0. The highest BCUT2D eigenvalue weighted by Gasteiger charge is 2.10. The van der Waals surface area contributed by atoms with Crippen LogP contribution in [0.2, 0.25) is 0 Å². The third-order valence-corrected chi connectivity index (χ3v) is 5.51. The van der Waals surface area contributed by atoms with E-state index in [2.05, 4.69) is 44.6 Å². The van der Waals surface area contributed by atoms with Gasteiger partial charge in [-0.15, -0.1) is 0 Å². The van der Waals surface area contributed by atoms with E-state index in [-0.39, 0.29) is 11.9 Å². The molecule has 0 radical (unpaired) electrons. The fourth-order valence-corrected chi connectivity index (χ4v) is 3.60. The van der Waals surface area contributed by atoms with Gasteiger partial charge in [-0.05, 0) is 60.9 Å². The summed E-state index contributed by atoms with van der Waals surface area (Å²) in [6.07, 6.45) is 5.85. The summed E-state index contributed by atoms with van der Waals surface area (Å²) in [7, 11) is 1.59. The van der Waals surface area contributed by atoms with E-state index in [1.54, 1.807) is 13.3 Å². The Morgan fingerprint density at radius 1 is 1.09 bits per heavy atom. The van der Waals surface area contributed by atoms with Crippen LogP contribution in [-0.2, 0) is 9.53 Å². The second-order valence-corrected chi connectivity index (χ2v) is 7.94. The molecule has 1 amide bonds. The molecule has 33 heavy (non-hydrogen) atoms. The molecule has 7 nitrogen and oxygen atoms in total. The standard InChI is InChI=1S/C26H27N5O2/c1-17-10-12-27-16-23(17)20-6-9-24-21(14-20)15-28-26(31-24)30-22-7-4-19(5-8-22)18(2)29-25(32)11-13-33-3/h4-10,12,14-16,18H,11,13H2,1-3H3,(H,29,32)(H,28,30,31)/t18-/m0/s1. The predicted octanol–water partition coefficient (Wildman–Crippen LogP) is 4.96. The predicted molar refractivity (Wildman–Crippen MR) is 130 cm³/mol. The van der Waals surface area contributed by atoms with Gasteiger partial charge in [-0.25, -0.2) is 9.97 Å². The van der Waals surface area contributed by atoms with E-state index in [0.29, 0.717) is 19.0 Å². The van der Waals surface area contributed by atoms with Gasteiger partial charge in [0.25, 0.3) is 0 Å². The van der Waals surface area contributed by atoms with Gasteiger partial charge in [0.05, 0.1) is 18.2 Å². The number of hydrogen-bond donors (Lipinski definition) is 2. The van der Waals surface area contributed by atoms with Crippen molar-refractivity contribution < 1.29 is 9.53 Å². The van der Waals surface area contributed by atoms with Crippen LogP contribution in [0.5, 0.6) is 0 Å². The number of benzene rings is 2. The molecule has 168 valence electrons. The Balaban J connectivity index is 1.45. The number of amides is 1. The van der Waals surface area contributed by atoms with Crippen LogP contribution in [0.25, 0.3) is 22.0 Å². The van der Waals surface area contributed by atoms with Crippen molar-refractivity contribution in [2.75, 3.05) is 19.0 Å². The number of methoxy groups -OCH3 is 1. The minimum atomic E-state index is -0.0852. The molecule has 0 aliphatic heterocycles. The molecule has 2 heterocycles. The van der Waals surface area contributed by atoms with Gasteiger partial charge in [0.1, 0.15) is 0 Å². The molecule has 2 aromatic carbocycles. The molecule has 2 N–H and O–H groups in total. The van der Waals surface area contributed by atoms with Crippen molar-refractivity contribution in [3.05, 3.63) is 78.2 Å². The van der Waals surface area contributed by atoms with E-state index in [9.17, 15) is 4.79 Å². The van der Waals surface area contributed by atoms with Crippen LogP contribution in [-0.4, -0.2) is 34.6 Å². The Labute approximate surface area is 193 Å². The van der Waals surface area contributed by atoms with E-state index in [4.69, 9.17) is 4.74 Å². The maximum Gasteiger partial charge on any atom is 0.227 e. The van der Waals surface area contributed by atoms with E-state index in [1.807, 2.05) is 55.7 Å². The van der Waals surface area contributed by atoms with Crippen LogP contribution in [0.15, 0.2) is 67.1 Å². The van der Waals surface area contributed by atoms with Crippen molar-refractivity contribution in [1.29, 1.82) is 0 Å². The zero-order chi connectivity index (χ0) is 23.2. The molecule has 0 spiro atoms. The molecule has 0 unspecified atom stereocenters. The van der Waals surface area contributed by atoms with E-state index in [0.717, 1.165) is 33.3 Å². The highest BCUT2D eigenvalue weighted by molar-refractivity contribution is 5.85. The first-order valence-corrected chi connectivity index (χ1v) is 10.9. The summed E-state index contributed by atoms with van der Waals surface area (Å²) < 4.78 is 4.95. The number of hydrogen-bond acceptors (Lipinski definition) is 6. The molecule has 0 saturated carbocycles. The molecule has 2 aromatic heterocycles. The molecule has 0 fully saturated rings. The molecular weight excluding hydrogens is 414 g/mol. The number of fused-ring (bicyclic) bond motifs is 1. The lowest BCUT2D eigenvalue weighted by atomic mass is 10.0. The molecule has 7 heteroatoms. The van der Waals surface area contributed by atoms with E-state index >= 15 is 0 Å². The Morgan fingerprint density at radius 2 is 1.91 bits per heavy atom. The second kappa shape index (κ2) is 10.2. The Hall–Kier alpha value is -3.84. The first kappa shape index (κ1) is 22.4. The van der Waals surface area contributed by atoms with Gasteiger partial charge < -0.3 is 15.4 Å². The highest BCUT2D eigenvalue weighted by Crippen LogP contribution is 2.26. The lowest BCUT2D eigenvalue weighted by molar-refractivity contribution is -0.122. The van der Waals surface area contributed by atoms with E-state index in [1.165, 1.54) is 5.56 Å². The summed E-state index contributed by atoms with van der Waals surface area (Å²) in [4.78, 5) is 25.3. The number of carbonyl (C=O) groups is 1. The summed E-state index contributed by atoms with van der Waals surface area (Å²) in [6.45, 7) is 4.45. The maximum atomic E-state index is 11.9. The fraction of sp³-hybridized carbons (Fsp3) is 0.231. The smallest absolute Gasteiger partial charge is 0.227 e. The van der Waals surface area contributed by atoms with Gasteiger partial charge in [0.15, 0.2) is 0 Å². The average Bonchev–Trinajstić information content (AvgIpc) is 2.83. The van der Waals surface area contributed by atoms with Gasteiger partial charge in [-0.1, -0.05) is 18.2 Å². The maximum absolute atomic E-state index is 11.9. The zero-order valence-electron chi connectivity index (χ0n) is 19.0. The van der Waals surface area contributed by atoms with Gasteiger partial charge in [-0.3, -0.25) is 9.78 Å². The molecule has 0 bridgehead atoms. The Kier molecular flexibility index (Phi) is 6.90. The van der Waals surface area contributed by atoms with Crippen molar-refractivity contribution in [3.63, 3.8) is 0 Å². The molecule has 4 rings (SSSR count). The van der Waals surface area contributed by atoms with Crippen LogP contribution >= 0.6 is 0 Å². The van der Waals surface area contributed by atoms with Crippen molar-refractivity contribution in [1.82, 2.24) is 20.3 Å². The molecule has 0 aliphatic rings. The van der Waals surface area contributed by atoms with Crippen LogP contribution < -0.4 is 10.6 Å². The number of pyridine rings is 1. The molecule has 1 atom stereocenters. The molecule has 0 saturated heterocycles. The average molecular weight is 442 g/mol. The Morgan fingerprint density at radius 3 is 2.67 bits per heavy atom. The summed E-state index contributed by atoms with van der Waals surface area (Å²) in [5.41, 5.74) is 6.13. The highest BCUT2D eigenvalue weighted by atomic mass is 16.5. The fourth-order valence-electron chi connectivity index (χ4n) is 3.60. The lowest BCUT2D eigenvalue weighted by Gasteiger charge is -2.15. The number of nitrogens with zero attached hydrogens (tertiary/aromatic N) is 3. The number of carbonyl (C=O) groups excluding carboxylic acids is 1. The summed E-state index contributed by atoms with van der Waals surface area (Å²) in [6, 6.07) is 15.9. The minimum Gasteiger partial charge on any atom is -0.384 e. The Bertz CT molecular complexity index is 1260. The number of rotatable bonds is 8. The summed E-state index contributed by atoms with van der Waals surface area (Å²) >= 11 is 0.